The first kappa shape index (κ1) is 19.3. The molecule has 0 aromatic heterocycles. The quantitative estimate of drug-likeness (QED) is 0.320. The summed E-state index contributed by atoms with van der Waals surface area (Å²) in [6.45, 7) is 8.53. The average Bonchev–Trinajstić information content (AvgIpc) is 2.75. The van der Waals surface area contributed by atoms with E-state index in [0.717, 1.165) is 0 Å². The zero-order valence-electron chi connectivity index (χ0n) is 16.5. The maximum absolute atomic E-state index is 12.6. The van der Waals surface area contributed by atoms with Gasteiger partial charge in [-0.15, -0.1) is 0 Å². The van der Waals surface area contributed by atoms with Crippen LogP contribution in [0.1, 0.15) is 53.9 Å². The molecule has 0 amide bonds. The van der Waals surface area contributed by atoms with Gasteiger partial charge >= 0.3 is 5.97 Å². The number of hydrogen-bond acceptors (Lipinski definition) is 7. The first-order valence-corrected chi connectivity index (χ1v) is 9.74. The topological polar surface area (TPSA) is 127 Å². The Hall–Kier alpha value is -0.990. The molecule has 7 heteroatoms. The summed E-state index contributed by atoms with van der Waals surface area (Å²) in [5, 5.41) is 58.3. The van der Waals surface area contributed by atoms with Crippen LogP contribution in [0.25, 0.3) is 0 Å². The van der Waals surface area contributed by atoms with Gasteiger partial charge in [0.2, 0.25) is 5.60 Å². The Morgan fingerprint density at radius 1 is 1.19 bits per heavy atom. The summed E-state index contributed by atoms with van der Waals surface area (Å²) in [6.07, 6.45) is -2.67. The highest BCUT2D eigenvalue weighted by Crippen LogP contribution is 2.77. The number of aliphatic hydroxyl groups is 5. The van der Waals surface area contributed by atoms with E-state index >= 15 is 0 Å². The van der Waals surface area contributed by atoms with E-state index in [4.69, 9.17) is 4.74 Å². The Balaban J connectivity index is 2.15. The molecule has 1 aliphatic heterocycles. The van der Waals surface area contributed by atoms with E-state index in [0.29, 0.717) is 12.0 Å². The van der Waals surface area contributed by atoms with Gasteiger partial charge in [0.25, 0.3) is 0 Å². The molecule has 0 aromatic carbocycles. The lowest BCUT2D eigenvalue weighted by Crippen LogP contribution is -2.77. The Labute approximate surface area is 158 Å². The highest BCUT2D eigenvalue weighted by molar-refractivity contribution is 5.77. The van der Waals surface area contributed by atoms with Crippen molar-refractivity contribution in [3.63, 3.8) is 0 Å². The third kappa shape index (κ3) is 1.50. The van der Waals surface area contributed by atoms with Gasteiger partial charge in [-0.1, -0.05) is 27.7 Å². The molecule has 8 unspecified atom stereocenters. The van der Waals surface area contributed by atoms with E-state index in [-0.39, 0.29) is 30.3 Å². The second kappa shape index (κ2) is 4.94. The van der Waals surface area contributed by atoms with Crippen molar-refractivity contribution < 1.29 is 35.1 Å². The monoisotopic (exact) mass is 382 g/mol. The molecule has 0 spiro atoms. The molecule has 0 aromatic rings. The molecular formula is C20H30O7. The number of aliphatic hydroxyl groups excluding tert-OH is 2. The van der Waals surface area contributed by atoms with E-state index in [2.05, 4.69) is 0 Å². The molecule has 4 rings (SSSR count). The highest BCUT2D eigenvalue weighted by atomic mass is 16.6. The predicted molar refractivity (Wildman–Crippen MR) is 94.3 cm³/mol. The number of carbonyl (C=O) groups excluding carboxylic acids is 1. The van der Waals surface area contributed by atoms with Crippen LogP contribution in [-0.2, 0) is 9.53 Å². The Kier molecular flexibility index (Phi) is 3.54. The molecule has 2 saturated carbocycles. The van der Waals surface area contributed by atoms with Crippen molar-refractivity contribution in [1.82, 2.24) is 0 Å². The number of rotatable bonds is 1. The summed E-state index contributed by atoms with van der Waals surface area (Å²) < 4.78 is 5.65. The summed E-state index contributed by atoms with van der Waals surface area (Å²) in [4.78, 5) is 12.6. The molecule has 8 atom stereocenters. The van der Waals surface area contributed by atoms with Crippen LogP contribution in [0, 0.1) is 17.3 Å². The fraction of sp³-hybridized carbons (Fsp3) is 0.850. The SMILES string of the molecule is CC1=C(C(C)C)C(O)C2(O)C3(C)CC(=O)OC4(C(O)C(C)CCC34O)C12O. The maximum atomic E-state index is 12.6. The lowest BCUT2D eigenvalue weighted by Gasteiger charge is -2.59. The van der Waals surface area contributed by atoms with Crippen LogP contribution in [0.15, 0.2) is 11.1 Å². The largest absolute Gasteiger partial charge is 0.450 e. The van der Waals surface area contributed by atoms with Crippen LogP contribution in [0.4, 0.5) is 0 Å². The van der Waals surface area contributed by atoms with Crippen LogP contribution >= 0.6 is 0 Å². The van der Waals surface area contributed by atoms with Gasteiger partial charge in [0, 0.05) is 5.41 Å². The van der Waals surface area contributed by atoms with Crippen molar-refractivity contribution in [3.8, 4) is 0 Å². The second-order valence-electron chi connectivity index (χ2n) is 9.65. The van der Waals surface area contributed by atoms with Gasteiger partial charge in [0.1, 0.15) is 23.4 Å². The molecule has 4 aliphatic rings. The van der Waals surface area contributed by atoms with Crippen LogP contribution in [0.5, 0.6) is 0 Å². The number of esters is 1. The van der Waals surface area contributed by atoms with Gasteiger partial charge in [-0.3, -0.25) is 4.79 Å². The molecule has 3 fully saturated rings. The van der Waals surface area contributed by atoms with Crippen molar-refractivity contribution in [2.24, 2.45) is 17.3 Å². The van der Waals surface area contributed by atoms with Crippen molar-refractivity contribution in [2.45, 2.75) is 88.5 Å². The minimum Gasteiger partial charge on any atom is -0.450 e. The van der Waals surface area contributed by atoms with Crippen molar-refractivity contribution in [1.29, 1.82) is 0 Å². The fourth-order valence-corrected chi connectivity index (χ4v) is 7.08. The molecule has 7 nitrogen and oxygen atoms in total. The smallest absolute Gasteiger partial charge is 0.307 e. The molecule has 3 aliphatic carbocycles. The highest BCUT2D eigenvalue weighted by Gasteiger charge is 2.96. The van der Waals surface area contributed by atoms with Crippen molar-refractivity contribution >= 4 is 5.97 Å². The van der Waals surface area contributed by atoms with Gasteiger partial charge in [-0.25, -0.2) is 0 Å². The molecule has 2 bridgehead atoms. The van der Waals surface area contributed by atoms with E-state index < -0.39 is 46.0 Å². The summed E-state index contributed by atoms with van der Waals surface area (Å²) in [7, 11) is 0. The summed E-state index contributed by atoms with van der Waals surface area (Å²) in [6, 6.07) is 0. The lowest BCUT2D eigenvalue weighted by molar-refractivity contribution is -0.307. The molecule has 0 radical (unpaired) electrons. The second-order valence-corrected chi connectivity index (χ2v) is 9.65. The predicted octanol–water partition coefficient (Wildman–Crippen LogP) is 0.0231. The molecule has 27 heavy (non-hydrogen) atoms. The van der Waals surface area contributed by atoms with Gasteiger partial charge in [0.15, 0.2) is 5.60 Å². The molecule has 1 saturated heterocycles. The van der Waals surface area contributed by atoms with Gasteiger partial charge in [-0.05, 0) is 42.7 Å². The normalized spacial score (nSPS) is 57.0. The lowest BCUT2D eigenvalue weighted by atomic mass is 9.55. The standard InChI is InChI=1S/C20H30O7/c1-9(2)13-11(4)18(25)19(26,15(13)23)16(5)8-12(21)27-20(18)14(22)10(3)6-7-17(16,20)24/h9-10,14-15,22-26H,6-8H2,1-5H3. The molecule has 5 N–H and O–H groups in total. The van der Waals surface area contributed by atoms with Crippen LogP contribution in [0.3, 0.4) is 0 Å². The zero-order valence-corrected chi connectivity index (χ0v) is 16.5. The number of fused-ring (bicyclic) bond motifs is 2. The maximum Gasteiger partial charge on any atom is 0.307 e. The van der Waals surface area contributed by atoms with Gasteiger partial charge < -0.3 is 30.3 Å². The van der Waals surface area contributed by atoms with Crippen LogP contribution in [-0.4, -0.2) is 66.1 Å². The first-order chi connectivity index (χ1) is 12.3. The minimum absolute atomic E-state index is 0.136. The molecule has 152 valence electrons. The third-order valence-electron chi connectivity index (χ3n) is 8.44. The van der Waals surface area contributed by atoms with Gasteiger partial charge in [-0.2, -0.15) is 0 Å². The van der Waals surface area contributed by atoms with Crippen LogP contribution in [0.2, 0.25) is 0 Å². The minimum atomic E-state index is -2.30. The van der Waals surface area contributed by atoms with Crippen molar-refractivity contribution in [2.75, 3.05) is 0 Å². The first-order valence-electron chi connectivity index (χ1n) is 9.74. The van der Waals surface area contributed by atoms with E-state index in [1.807, 2.05) is 13.8 Å². The average molecular weight is 382 g/mol. The Morgan fingerprint density at radius 2 is 1.78 bits per heavy atom. The number of ether oxygens (including phenoxy) is 1. The number of hydrogen-bond donors (Lipinski definition) is 5. The zero-order chi connectivity index (χ0) is 20.4. The Morgan fingerprint density at radius 3 is 2.33 bits per heavy atom. The van der Waals surface area contributed by atoms with Crippen molar-refractivity contribution in [3.05, 3.63) is 11.1 Å². The third-order valence-corrected chi connectivity index (χ3v) is 8.44. The van der Waals surface area contributed by atoms with E-state index in [1.165, 1.54) is 6.92 Å². The summed E-state index contributed by atoms with van der Waals surface area (Å²) in [5.74, 6) is -1.28. The summed E-state index contributed by atoms with van der Waals surface area (Å²) in [5.41, 5.74) is -9.47. The Bertz CT molecular complexity index is 761. The van der Waals surface area contributed by atoms with Crippen LogP contribution < -0.4 is 0 Å². The number of carbonyl (C=O) groups is 1. The fourth-order valence-electron chi connectivity index (χ4n) is 7.08. The molecular weight excluding hydrogens is 352 g/mol. The molecule has 1 heterocycles. The van der Waals surface area contributed by atoms with E-state index in [9.17, 15) is 30.3 Å². The van der Waals surface area contributed by atoms with Gasteiger partial charge in [0.05, 0.1) is 6.42 Å². The summed E-state index contributed by atoms with van der Waals surface area (Å²) >= 11 is 0. The van der Waals surface area contributed by atoms with E-state index in [1.54, 1.807) is 13.8 Å².